The van der Waals surface area contributed by atoms with Crippen molar-refractivity contribution in [3.63, 3.8) is 0 Å². The fraction of sp³-hybridized carbons (Fsp3) is 0.160. The Morgan fingerprint density at radius 1 is 1.03 bits per heavy atom. The smallest absolute Gasteiger partial charge is 0.352 e. The zero-order chi connectivity index (χ0) is 21.2. The Kier molecular flexibility index (Phi) is 5.66. The van der Waals surface area contributed by atoms with Gasteiger partial charge in [-0.2, -0.15) is 0 Å². The van der Waals surface area contributed by atoms with E-state index in [1.165, 1.54) is 0 Å². The van der Waals surface area contributed by atoms with Gasteiger partial charge in [0.05, 0.1) is 11.6 Å². The van der Waals surface area contributed by atoms with Crippen molar-refractivity contribution in [2.24, 2.45) is 0 Å². The molecule has 0 saturated carbocycles. The van der Waals surface area contributed by atoms with Crippen LogP contribution in [-0.2, 0) is 16.1 Å². The van der Waals surface area contributed by atoms with Crippen LogP contribution in [0.15, 0.2) is 89.5 Å². The molecule has 2 heterocycles. The molecular weight excluding hydrogens is 474 g/mol. The molecule has 0 radical (unpaired) electrons. The maximum atomic E-state index is 6.27. The highest BCUT2D eigenvalue weighted by Gasteiger charge is 2.34. The average Bonchev–Trinajstić information content (AvgIpc) is 3.40. The Morgan fingerprint density at radius 2 is 1.87 bits per heavy atom. The summed E-state index contributed by atoms with van der Waals surface area (Å²) in [6, 6.07) is 26.5. The molecule has 4 nitrogen and oxygen atoms in total. The number of hydrogen-bond donors (Lipinski definition) is 0. The van der Waals surface area contributed by atoms with E-state index in [0.717, 1.165) is 32.3 Å². The van der Waals surface area contributed by atoms with Crippen molar-refractivity contribution in [1.29, 1.82) is 0 Å². The summed E-state index contributed by atoms with van der Waals surface area (Å²) in [7, 11) is 0. The lowest BCUT2D eigenvalue weighted by atomic mass is 10.0. The van der Waals surface area contributed by atoms with Crippen molar-refractivity contribution >= 4 is 44.3 Å². The van der Waals surface area contributed by atoms with E-state index in [1.54, 1.807) is 0 Å². The zero-order valence-corrected chi connectivity index (χ0v) is 19.0. The SMILES string of the molecule is S=C1OCC(C(c2cccc(Br)c2)n2ccc3cccc(OCc4ccccc4)c32)O1. The van der Waals surface area contributed by atoms with Gasteiger partial charge in [-0.25, -0.2) is 0 Å². The minimum atomic E-state index is -0.237. The second kappa shape index (κ2) is 8.73. The van der Waals surface area contributed by atoms with Gasteiger partial charge in [0, 0.05) is 28.3 Å². The summed E-state index contributed by atoms with van der Waals surface area (Å²) in [5.74, 6) is 0.827. The number of rotatable bonds is 6. The average molecular weight is 494 g/mol. The first-order chi connectivity index (χ1) is 15.2. The largest absolute Gasteiger partial charge is 0.487 e. The maximum absolute atomic E-state index is 6.27. The summed E-state index contributed by atoms with van der Waals surface area (Å²) < 4.78 is 20.9. The number of thiocarbonyl (C=S) groups is 1. The molecule has 5 rings (SSSR count). The quantitative estimate of drug-likeness (QED) is 0.296. The number of hydrogen-bond acceptors (Lipinski definition) is 4. The number of para-hydroxylation sites is 1. The number of ether oxygens (including phenoxy) is 3. The second-order valence-electron chi connectivity index (χ2n) is 7.41. The molecule has 0 bridgehead atoms. The molecule has 156 valence electrons. The Morgan fingerprint density at radius 3 is 2.65 bits per heavy atom. The molecule has 0 amide bonds. The first kappa shape index (κ1) is 20.1. The van der Waals surface area contributed by atoms with Gasteiger partial charge in [0.2, 0.25) is 0 Å². The lowest BCUT2D eigenvalue weighted by Gasteiger charge is -2.25. The molecule has 0 spiro atoms. The third-order valence-electron chi connectivity index (χ3n) is 5.40. The molecule has 6 heteroatoms. The molecule has 0 aliphatic carbocycles. The van der Waals surface area contributed by atoms with Gasteiger partial charge in [0.25, 0.3) is 0 Å². The molecule has 31 heavy (non-hydrogen) atoms. The Balaban J connectivity index is 1.58. The third-order valence-corrected chi connectivity index (χ3v) is 6.10. The standard InChI is InChI=1S/C25H20BrNO3S/c26-20-10-4-9-19(14-20)24(22-16-29-25(31)30-22)27-13-12-18-8-5-11-21(23(18)27)28-15-17-6-2-1-3-7-17/h1-14,22,24H,15-16H2. The number of halogens is 1. The normalized spacial score (nSPS) is 16.7. The van der Waals surface area contributed by atoms with Gasteiger partial charge in [-0.15, -0.1) is 0 Å². The van der Waals surface area contributed by atoms with Gasteiger partial charge in [-0.3, -0.25) is 0 Å². The predicted molar refractivity (Wildman–Crippen MR) is 128 cm³/mol. The van der Waals surface area contributed by atoms with E-state index >= 15 is 0 Å². The fourth-order valence-corrected chi connectivity index (χ4v) is 4.62. The molecule has 1 aliphatic heterocycles. The van der Waals surface area contributed by atoms with E-state index in [0.29, 0.717) is 13.2 Å². The van der Waals surface area contributed by atoms with Gasteiger partial charge in [0.1, 0.15) is 19.0 Å². The second-order valence-corrected chi connectivity index (χ2v) is 8.66. The van der Waals surface area contributed by atoms with Crippen molar-refractivity contribution in [3.8, 4) is 5.75 Å². The number of benzene rings is 3. The van der Waals surface area contributed by atoms with Crippen LogP contribution in [0.3, 0.4) is 0 Å². The molecule has 3 aromatic carbocycles. The molecule has 1 saturated heterocycles. The molecular formula is C25H20BrNO3S. The van der Waals surface area contributed by atoms with E-state index in [-0.39, 0.29) is 17.4 Å². The minimum absolute atomic E-state index is 0.128. The first-order valence-corrected chi connectivity index (χ1v) is 11.2. The first-order valence-electron chi connectivity index (χ1n) is 10.0. The van der Waals surface area contributed by atoms with Crippen LogP contribution in [0.5, 0.6) is 5.75 Å². The number of nitrogens with zero attached hydrogens (tertiary/aromatic N) is 1. The molecule has 1 aliphatic rings. The summed E-state index contributed by atoms with van der Waals surface area (Å²) in [5, 5.41) is 1.30. The topological polar surface area (TPSA) is 32.6 Å². The fourth-order valence-electron chi connectivity index (χ4n) is 4.01. The zero-order valence-electron chi connectivity index (χ0n) is 16.6. The van der Waals surface area contributed by atoms with Crippen molar-refractivity contribution in [2.75, 3.05) is 6.61 Å². The van der Waals surface area contributed by atoms with Gasteiger partial charge in [-0.1, -0.05) is 70.5 Å². The van der Waals surface area contributed by atoms with Crippen LogP contribution in [-0.4, -0.2) is 22.5 Å². The van der Waals surface area contributed by atoms with E-state index in [4.69, 9.17) is 26.4 Å². The van der Waals surface area contributed by atoms with E-state index in [9.17, 15) is 0 Å². The van der Waals surface area contributed by atoms with Crippen molar-refractivity contribution in [3.05, 3.63) is 101 Å². The van der Waals surface area contributed by atoms with Crippen LogP contribution in [0.4, 0.5) is 0 Å². The molecule has 2 atom stereocenters. The lowest BCUT2D eigenvalue weighted by Crippen LogP contribution is -2.27. The van der Waals surface area contributed by atoms with Gasteiger partial charge in [0.15, 0.2) is 6.10 Å². The van der Waals surface area contributed by atoms with Crippen LogP contribution in [0.1, 0.15) is 17.2 Å². The van der Waals surface area contributed by atoms with Gasteiger partial charge < -0.3 is 18.8 Å². The molecule has 2 unspecified atom stereocenters. The van der Waals surface area contributed by atoms with Crippen molar-refractivity contribution in [2.45, 2.75) is 18.8 Å². The molecule has 4 aromatic rings. The van der Waals surface area contributed by atoms with E-state index in [2.05, 4.69) is 63.1 Å². The molecule has 1 aromatic heterocycles. The lowest BCUT2D eigenvalue weighted by molar-refractivity contribution is 0.180. The Bertz CT molecular complexity index is 1220. The number of aromatic nitrogens is 1. The van der Waals surface area contributed by atoms with E-state index < -0.39 is 0 Å². The monoisotopic (exact) mass is 493 g/mol. The highest BCUT2D eigenvalue weighted by molar-refractivity contribution is 9.10. The van der Waals surface area contributed by atoms with Crippen molar-refractivity contribution in [1.82, 2.24) is 4.57 Å². The molecule has 0 N–H and O–H groups in total. The summed E-state index contributed by atoms with van der Waals surface area (Å²) >= 11 is 8.75. The summed E-state index contributed by atoms with van der Waals surface area (Å²) in [6.07, 6.45) is 1.84. The van der Waals surface area contributed by atoms with E-state index in [1.807, 2.05) is 42.5 Å². The highest BCUT2D eigenvalue weighted by atomic mass is 79.9. The Labute approximate surface area is 194 Å². The summed E-state index contributed by atoms with van der Waals surface area (Å²) in [6.45, 7) is 0.905. The summed E-state index contributed by atoms with van der Waals surface area (Å²) in [4.78, 5) is 0. The van der Waals surface area contributed by atoms with Crippen LogP contribution < -0.4 is 4.74 Å². The minimum Gasteiger partial charge on any atom is -0.487 e. The molecule has 1 fully saturated rings. The van der Waals surface area contributed by atoms with Crippen LogP contribution in [0.2, 0.25) is 0 Å². The Hall–Kier alpha value is -2.83. The number of fused-ring (bicyclic) bond motifs is 1. The summed E-state index contributed by atoms with van der Waals surface area (Å²) in [5.41, 5.74) is 3.24. The van der Waals surface area contributed by atoms with Crippen LogP contribution >= 0.6 is 28.1 Å². The van der Waals surface area contributed by atoms with Crippen LogP contribution in [0, 0.1) is 0 Å². The van der Waals surface area contributed by atoms with Gasteiger partial charge >= 0.3 is 5.24 Å². The highest BCUT2D eigenvalue weighted by Crippen LogP contribution is 2.36. The third kappa shape index (κ3) is 4.18. The predicted octanol–water partition coefficient (Wildman–Crippen LogP) is 6.27. The maximum Gasteiger partial charge on any atom is 0.352 e. The van der Waals surface area contributed by atoms with Gasteiger partial charge in [-0.05, 0) is 35.4 Å². The van der Waals surface area contributed by atoms with Crippen molar-refractivity contribution < 1.29 is 14.2 Å². The van der Waals surface area contributed by atoms with Crippen LogP contribution in [0.25, 0.3) is 10.9 Å².